The van der Waals surface area contributed by atoms with E-state index in [9.17, 15) is 18.0 Å². The van der Waals surface area contributed by atoms with Crippen LogP contribution in [0.5, 0.6) is 17.2 Å². The van der Waals surface area contributed by atoms with Gasteiger partial charge >= 0.3 is 0 Å². The molecule has 0 bridgehead atoms. The van der Waals surface area contributed by atoms with E-state index in [1.54, 1.807) is 63.4 Å². The van der Waals surface area contributed by atoms with Crippen LogP contribution >= 0.6 is 0 Å². The Morgan fingerprint density at radius 2 is 1.72 bits per heavy atom. The summed E-state index contributed by atoms with van der Waals surface area (Å²) >= 11 is 0. The first-order valence-electron chi connectivity index (χ1n) is 11.8. The number of fused-ring (bicyclic) bond motifs is 1. The molecule has 2 amide bonds. The number of anilines is 1. The SMILES string of the molecule is CCNC(=O)C(C)N(Cc1ccc(OC)cc1)C(=O)CN(c1ccc2c(c1)OCCO2)S(=O)(=O)CC. The van der Waals surface area contributed by atoms with Crippen molar-refractivity contribution in [2.45, 2.75) is 33.4 Å². The number of ether oxygens (including phenoxy) is 3. The third kappa shape index (κ3) is 6.39. The van der Waals surface area contributed by atoms with E-state index in [1.807, 2.05) is 0 Å². The minimum atomic E-state index is -3.83. The first-order chi connectivity index (χ1) is 17.2. The molecule has 1 aliphatic rings. The van der Waals surface area contributed by atoms with Crippen LogP contribution in [0.15, 0.2) is 42.5 Å². The van der Waals surface area contributed by atoms with Crippen molar-refractivity contribution < 1.29 is 32.2 Å². The lowest BCUT2D eigenvalue weighted by Crippen LogP contribution is -2.51. The topological polar surface area (TPSA) is 114 Å². The van der Waals surface area contributed by atoms with Gasteiger partial charge < -0.3 is 24.4 Å². The van der Waals surface area contributed by atoms with Gasteiger partial charge in [-0.3, -0.25) is 13.9 Å². The normalized spacial score (nSPS) is 13.4. The number of amides is 2. The van der Waals surface area contributed by atoms with E-state index in [0.717, 1.165) is 9.87 Å². The maximum absolute atomic E-state index is 13.6. The molecular formula is C25H33N3O7S. The fourth-order valence-corrected chi connectivity index (χ4v) is 4.79. The number of methoxy groups -OCH3 is 1. The first-order valence-corrected chi connectivity index (χ1v) is 13.4. The number of nitrogens with zero attached hydrogens (tertiary/aromatic N) is 2. The summed E-state index contributed by atoms with van der Waals surface area (Å²) in [7, 11) is -2.28. The molecule has 36 heavy (non-hydrogen) atoms. The van der Waals surface area contributed by atoms with Crippen molar-refractivity contribution in [3.05, 3.63) is 48.0 Å². The summed E-state index contributed by atoms with van der Waals surface area (Å²) in [5, 5.41) is 2.73. The Balaban J connectivity index is 1.93. The van der Waals surface area contributed by atoms with Gasteiger partial charge in [0.2, 0.25) is 21.8 Å². The molecule has 0 saturated carbocycles. The summed E-state index contributed by atoms with van der Waals surface area (Å²) in [4.78, 5) is 27.7. The molecular weight excluding hydrogens is 486 g/mol. The molecule has 0 aliphatic carbocycles. The maximum atomic E-state index is 13.6. The second-order valence-electron chi connectivity index (χ2n) is 8.18. The third-order valence-corrected chi connectivity index (χ3v) is 7.56. The van der Waals surface area contributed by atoms with Gasteiger partial charge in [-0.05, 0) is 50.6 Å². The Bertz CT molecular complexity index is 1170. The van der Waals surface area contributed by atoms with E-state index in [-0.39, 0.29) is 23.9 Å². The van der Waals surface area contributed by atoms with Gasteiger partial charge in [-0.25, -0.2) is 8.42 Å². The average Bonchev–Trinajstić information content (AvgIpc) is 2.89. The molecule has 1 heterocycles. The second kappa shape index (κ2) is 12.0. The van der Waals surface area contributed by atoms with Crippen molar-refractivity contribution in [2.75, 3.05) is 43.5 Å². The highest BCUT2D eigenvalue weighted by atomic mass is 32.2. The number of hydrogen-bond acceptors (Lipinski definition) is 7. The predicted molar refractivity (Wildman–Crippen MR) is 136 cm³/mol. The van der Waals surface area contributed by atoms with Crippen molar-refractivity contribution >= 4 is 27.5 Å². The fourth-order valence-electron chi connectivity index (χ4n) is 3.74. The van der Waals surface area contributed by atoms with Crippen LogP contribution in [0.2, 0.25) is 0 Å². The minimum Gasteiger partial charge on any atom is -0.497 e. The first kappa shape index (κ1) is 27.1. The van der Waals surface area contributed by atoms with Gasteiger partial charge in [0.1, 0.15) is 31.5 Å². The van der Waals surface area contributed by atoms with Crippen LogP contribution in [0.3, 0.4) is 0 Å². The van der Waals surface area contributed by atoms with Crippen molar-refractivity contribution in [3.8, 4) is 17.2 Å². The Morgan fingerprint density at radius 3 is 2.33 bits per heavy atom. The van der Waals surface area contributed by atoms with Crippen LogP contribution in [0.4, 0.5) is 5.69 Å². The van der Waals surface area contributed by atoms with E-state index in [1.165, 1.54) is 11.8 Å². The van der Waals surface area contributed by atoms with Crippen molar-refractivity contribution in [1.82, 2.24) is 10.2 Å². The van der Waals surface area contributed by atoms with Crippen LogP contribution in [0, 0.1) is 0 Å². The lowest BCUT2D eigenvalue weighted by Gasteiger charge is -2.32. The van der Waals surface area contributed by atoms with E-state index in [4.69, 9.17) is 14.2 Å². The van der Waals surface area contributed by atoms with Crippen molar-refractivity contribution in [3.63, 3.8) is 0 Å². The third-order valence-electron chi connectivity index (χ3n) is 5.82. The molecule has 0 saturated heterocycles. The van der Waals surface area contributed by atoms with Crippen LogP contribution in [-0.4, -0.2) is 70.3 Å². The molecule has 0 radical (unpaired) electrons. The van der Waals surface area contributed by atoms with Gasteiger partial charge in [0.25, 0.3) is 0 Å². The number of rotatable bonds is 11. The Labute approximate surface area is 212 Å². The molecule has 2 aromatic rings. The van der Waals surface area contributed by atoms with Gasteiger partial charge in [0, 0.05) is 19.2 Å². The predicted octanol–water partition coefficient (Wildman–Crippen LogP) is 2.18. The molecule has 196 valence electrons. The van der Waals surface area contributed by atoms with Crippen LogP contribution < -0.4 is 23.8 Å². The fraction of sp³-hybridized carbons (Fsp3) is 0.440. The number of sulfonamides is 1. The number of benzene rings is 2. The zero-order valence-corrected chi connectivity index (χ0v) is 21.8. The van der Waals surface area contributed by atoms with Gasteiger partial charge in [-0.1, -0.05) is 12.1 Å². The molecule has 0 aromatic heterocycles. The molecule has 1 N–H and O–H groups in total. The van der Waals surface area contributed by atoms with E-state index in [0.29, 0.717) is 37.0 Å². The van der Waals surface area contributed by atoms with Crippen molar-refractivity contribution in [1.29, 1.82) is 0 Å². The smallest absolute Gasteiger partial charge is 0.244 e. The monoisotopic (exact) mass is 519 g/mol. The molecule has 10 nitrogen and oxygen atoms in total. The summed E-state index contributed by atoms with van der Waals surface area (Å²) < 4.78 is 43.5. The minimum absolute atomic E-state index is 0.113. The summed E-state index contributed by atoms with van der Waals surface area (Å²) in [6.45, 7) is 5.71. The molecule has 1 atom stereocenters. The average molecular weight is 520 g/mol. The zero-order chi connectivity index (χ0) is 26.3. The number of carbonyl (C=O) groups excluding carboxylic acids is 2. The van der Waals surface area contributed by atoms with Crippen molar-refractivity contribution in [2.24, 2.45) is 0 Å². The number of nitrogens with one attached hydrogen (secondary N) is 1. The summed E-state index contributed by atoms with van der Waals surface area (Å²) in [5.41, 5.74) is 1.05. The van der Waals surface area contributed by atoms with Crippen LogP contribution in [0.25, 0.3) is 0 Å². The summed E-state index contributed by atoms with van der Waals surface area (Å²) in [5.74, 6) is 0.524. The van der Waals surface area contributed by atoms with E-state index >= 15 is 0 Å². The van der Waals surface area contributed by atoms with Gasteiger partial charge in [0.15, 0.2) is 11.5 Å². The second-order valence-corrected chi connectivity index (χ2v) is 10.4. The molecule has 0 spiro atoms. The summed E-state index contributed by atoms with van der Waals surface area (Å²) in [6, 6.07) is 11.0. The number of hydrogen-bond donors (Lipinski definition) is 1. The van der Waals surface area contributed by atoms with Gasteiger partial charge in [0.05, 0.1) is 18.6 Å². The lowest BCUT2D eigenvalue weighted by atomic mass is 10.1. The van der Waals surface area contributed by atoms with Crippen LogP contribution in [0.1, 0.15) is 26.3 Å². The van der Waals surface area contributed by atoms with Gasteiger partial charge in [-0.2, -0.15) is 0 Å². The van der Waals surface area contributed by atoms with E-state index < -0.39 is 28.5 Å². The van der Waals surface area contributed by atoms with Crippen LogP contribution in [-0.2, 0) is 26.2 Å². The number of carbonyl (C=O) groups is 2. The molecule has 2 aromatic carbocycles. The number of likely N-dealkylation sites (N-methyl/N-ethyl adjacent to an activating group) is 1. The standard InChI is InChI=1S/C25H33N3O7S/c1-5-26-25(30)18(3)27(16-19-7-10-21(33-4)11-8-19)24(29)17-28(36(31,32)6-2)20-9-12-22-23(15-20)35-14-13-34-22/h7-12,15,18H,5-6,13-14,16-17H2,1-4H3,(H,26,30). The molecule has 3 rings (SSSR count). The molecule has 1 unspecified atom stereocenters. The Kier molecular flexibility index (Phi) is 9.03. The highest BCUT2D eigenvalue weighted by Crippen LogP contribution is 2.35. The van der Waals surface area contributed by atoms with Gasteiger partial charge in [-0.15, -0.1) is 0 Å². The largest absolute Gasteiger partial charge is 0.497 e. The molecule has 0 fully saturated rings. The Morgan fingerprint density at radius 1 is 1.06 bits per heavy atom. The lowest BCUT2D eigenvalue weighted by molar-refractivity contribution is -0.139. The maximum Gasteiger partial charge on any atom is 0.244 e. The molecule has 11 heteroatoms. The Hall–Kier alpha value is -3.47. The highest BCUT2D eigenvalue weighted by Gasteiger charge is 2.31. The summed E-state index contributed by atoms with van der Waals surface area (Å²) in [6.07, 6.45) is 0. The van der Waals surface area contributed by atoms with E-state index in [2.05, 4.69) is 5.32 Å². The zero-order valence-electron chi connectivity index (χ0n) is 21.0. The molecule has 1 aliphatic heterocycles. The highest BCUT2D eigenvalue weighted by molar-refractivity contribution is 7.92. The quantitative estimate of drug-likeness (QED) is 0.484.